The maximum absolute atomic E-state index is 2.49. The Hall–Kier alpha value is -11.5. The Labute approximate surface area is 557 Å². The van der Waals surface area contributed by atoms with Gasteiger partial charge in [0.05, 0.1) is 16.7 Å². The molecule has 0 fully saturated rings. The molecule has 3 nitrogen and oxygen atoms in total. The Morgan fingerprint density at radius 1 is 0.305 bits per heavy atom. The SMILES string of the molecule is CC1(C)c2ccccc2-c2c1n(-c1ccccc1)c1ccc(-c3ccc(Cc4ccccc4)cc3)cc21.CC1(C)c2ccccc2-c2c1n(-c1ccccc1)c1ccc(-c3ccc(N(c4ccccc4)c4cccc5ccccc45)cc3)cc21.Cc1ccc2ccccc2c1. The zero-order valence-corrected chi connectivity index (χ0v) is 54.4. The summed E-state index contributed by atoms with van der Waals surface area (Å²) in [6, 6.07) is 123. The van der Waals surface area contributed by atoms with E-state index in [2.05, 4.69) is 388 Å². The molecule has 0 bridgehead atoms. The number of hydrogen-bond acceptors (Lipinski definition) is 1. The summed E-state index contributed by atoms with van der Waals surface area (Å²) in [4.78, 5) is 2.36. The first-order valence-corrected chi connectivity index (χ1v) is 33.3. The molecule has 95 heavy (non-hydrogen) atoms. The second-order valence-corrected chi connectivity index (χ2v) is 26.5. The second-order valence-electron chi connectivity index (χ2n) is 26.5. The fourth-order valence-electron chi connectivity index (χ4n) is 15.3. The molecule has 16 aromatic rings. The van der Waals surface area contributed by atoms with Crippen LogP contribution in [0.15, 0.2) is 340 Å². The molecular formula is C92H73N3. The number of para-hydroxylation sites is 3. The molecule has 456 valence electrons. The van der Waals surface area contributed by atoms with Gasteiger partial charge in [0.15, 0.2) is 0 Å². The van der Waals surface area contributed by atoms with Gasteiger partial charge in [-0.15, -0.1) is 0 Å². The van der Waals surface area contributed by atoms with E-state index in [0.29, 0.717) is 0 Å². The summed E-state index contributed by atoms with van der Waals surface area (Å²) in [5.41, 5.74) is 28.1. The number of aromatic nitrogens is 2. The molecule has 3 heteroatoms. The van der Waals surface area contributed by atoms with Crippen molar-refractivity contribution in [2.45, 2.75) is 51.9 Å². The lowest BCUT2D eigenvalue weighted by Gasteiger charge is -2.27. The van der Waals surface area contributed by atoms with Crippen LogP contribution in [0.3, 0.4) is 0 Å². The van der Waals surface area contributed by atoms with Gasteiger partial charge in [-0.05, 0) is 164 Å². The van der Waals surface area contributed by atoms with E-state index in [9.17, 15) is 0 Å². The minimum Gasteiger partial charge on any atom is -0.312 e. The first kappa shape index (κ1) is 58.6. The molecule has 0 saturated heterocycles. The Kier molecular flexibility index (Phi) is 14.9. The summed E-state index contributed by atoms with van der Waals surface area (Å²) in [6.45, 7) is 11.6. The van der Waals surface area contributed by atoms with E-state index in [1.165, 1.54) is 144 Å². The first-order valence-electron chi connectivity index (χ1n) is 33.3. The third-order valence-electron chi connectivity index (χ3n) is 19.8. The number of nitrogens with zero attached hydrogens (tertiary/aromatic N) is 3. The molecule has 0 N–H and O–H groups in total. The van der Waals surface area contributed by atoms with Gasteiger partial charge in [0, 0.05) is 72.3 Å². The summed E-state index contributed by atoms with van der Waals surface area (Å²) in [5, 5.41) is 7.72. The van der Waals surface area contributed by atoms with Gasteiger partial charge in [-0.1, -0.05) is 294 Å². The third-order valence-corrected chi connectivity index (χ3v) is 19.8. The lowest BCUT2D eigenvalue weighted by molar-refractivity contribution is 0.623. The van der Waals surface area contributed by atoms with Gasteiger partial charge in [0.25, 0.3) is 0 Å². The fourth-order valence-corrected chi connectivity index (χ4v) is 15.3. The van der Waals surface area contributed by atoms with E-state index >= 15 is 0 Å². The molecule has 2 aliphatic rings. The predicted octanol–water partition coefficient (Wildman–Crippen LogP) is 24.6. The minimum atomic E-state index is -0.120. The fraction of sp³-hybridized carbons (Fsp3) is 0.0870. The monoisotopic (exact) mass is 1220 g/mol. The van der Waals surface area contributed by atoms with Crippen molar-refractivity contribution in [3.63, 3.8) is 0 Å². The van der Waals surface area contributed by atoms with Crippen molar-refractivity contribution in [3.8, 4) is 55.9 Å². The molecule has 2 heterocycles. The molecule has 2 aromatic heterocycles. The number of hydrogen-bond donors (Lipinski definition) is 0. The molecule has 14 aromatic carbocycles. The quantitative estimate of drug-likeness (QED) is 0.140. The van der Waals surface area contributed by atoms with Crippen molar-refractivity contribution in [3.05, 3.63) is 379 Å². The van der Waals surface area contributed by atoms with Gasteiger partial charge in [0.2, 0.25) is 0 Å². The van der Waals surface area contributed by atoms with Crippen molar-refractivity contribution in [2.75, 3.05) is 4.90 Å². The average Bonchev–Trinajstić information content (AvgIpc) is 1.54. The largest absolute Gasteiger partial charge is 0.312 e. The molecule has 18 rings (SSSR count). The molecule has 0 amide bonds. The van der Waals surface area contributed by atoms with Crippen molar-refractivity contribution < 1.29 is 0 Å². The topological polar surface area (TPSA) is 13.1 Å². The molecule has 2 aliphatic carbocycles. The van der Waals surface area contributed by atoms with Crippen molar-refractivity contribution in [1.82, 2.24) is 9.13 Å². The summed E-state index contributed by atoms with van der Waals surface area (Å²) in [7, 11) is 0. The zero-order chi connectivity index (χ0) is 64.2. The normalized spacial score (nSPS) is 12.9. The van der Waals surface area contributed by atoms with E-state index in [1.807, 2.05) is 0 Å². The molecule has 0 unspecified atom stereocenters. The summed E-state index contributed by atoms with van der Waals surface area (Å²) >= 11 is 0. The van der Waals surface area contributed by atoms with Crippen molar-refractivity contribution in [1.29, 1.82) is 0 Å². The van der Waals surface area contributed by atoms with E-state index in [-0.39, 0.29) is 10.8 Å². The number of rotatable bonds is 9. The Bertz CT molecular complexity index is 5480. The van der Waals surface area contributed by atoms with Crippen LogP contribution >= 0.6 is 0 Å². The number of anilines is 3. The van der Waals surface area contributed by atoms with Crippen LogP contribution in [0.5, 0.6) is 0 Å². The second kappa shape index (κ2) is 24.2. The highest BCUT2D eigenvalue weighted by Gasteiger charge is 2.42. The summed E-state index contributed by atoms with van der Waals surface area (Å²) in [5.74, 6) is 0. The van der Waals surface area contributed by atoms with Crippen LogP contribution in [-0.4, -0.2) is 9.13 Å². The molecular weight excluding hydrogens is 1150 g/mol. The molecule has 0 atom stereocenters. The van der Waals surface area contributed by atoms with Crippen LogP contribution in [0.25, 0.3) is 99.2 Å². The van der Waals surface area contributed by atoms with Crippen LogP contribution in [0.2, 0.25) is 0 Å². The van der Waals surface area contributed by atoms with Crippen LogP contribution in [-0.2, 0) is 17.3 Å². The summed E-state index contributed by atoms with van der Waals surface area (Å²) < 4.78 is 4.97. The molecule has 0 spiro atoms. The van der Waals surface area contributed by atoms with Crippen LogP contribution in [0.4, 0.5) is 17.1 Å². The summed E-state index contributed by atoms with van der Waals surface area (Å²) in [6.07, 6.45) is 0.958. The van der Waals surface area contributed by atoms with Crippen LogP contribution in [0, 0.1) is 6.92 Å². The van der Waals surface area contributed by atoms with Gasteiger partial charge in [0.1, 0.15) is 0 Å². The van der Waals surface area contributed by atoms with Gasteiger partial charge in [-0.25, -0.2) is 0 Å². The van der Waals surface area contributed by atoms with E-state index in [4.69, 9.17) is 0 Å². The number of benzene rings is 14. The molecule has 0 radical (unpaired) electrons. The third kappa shape index (κ3) is 10.5. The van der Waals surface area contributed by atoms with E-state index in [1.54, 1.807) is 0 Å². The maximum atomic E-state index is 2.49. The smallest absolute Gasteiger partial charge is 0.0540 e. The number of aryl methyl sites for hydroxylation is 1. The van der Waals surface area contributed by atoms with Gasteiger partial charge in [-0.3, -0.25) is 0 Å². The Morgan fingerprint density at radius 3 is 1.28 bits per heavy atom. The van der Waals surface area contributed by atoms with Crippen molar-refractivity contribution >= 4 is 60.4 Å². The minimum absolute atomic E-state index is 0.0833. The van der Waals surface area contributed by atoms with Crippen LogP contribution in [0.1, 0.15) is 66.9 Å². The molecule has 0 aliphatic heterocycles. The Balaban J connectivity index is 0.000000131. The van der Waals surface area contributed by atoms with Gasteiger partial charge in [-0.2, -0.15) is 0 Å². The highest BCUT2D eigenvalue weighted by atomic mass is 15.1. The standard InChI is InChI=1S/C45H34N2.C36H29N.C11H10/c1-45(2)40-22-12-11-21-38(40)43-39-30-33(26-29-42(39)47(44(43)45)35-18-7-4-8-19-35)31-24-27-36(28-25-31)46(34-16-5-3-6-17-34)41-23-13-15-32-14-9-10-20-37(32)41;1-36(2)32-16-10-9-15-30(32)34-31-24-28(21-22-33(31)37(35(34)36)29-13-7-4-8-14-29)27-19-17-26(18-20-27)23-25-11-5-3-6-12-25;1-9-6-7-10-4-2-3-5-11(10)8-9/h3-30H,1-2H3;3-22,24H,23H2,1-2H3;2-8H,1H3. The lowest BCUT2D eigenvalue weighted by atomic mass is 9.85. The highest BCUT2D eigenvalue weighted by molar-refractivity contribution is 6.07. The number of fused-ring (bicyclic) bond motifs is 12. The Morgan fingerprint density at radius 2 is 0.726 bits per heavy atom. The lowest BCUT2D eigenvalue weighted by Crippen LogP contribution is -2.19. The van der Waals surface area contributed by atoms with E-state index < -0.39 is 0 Å². The van der Waals surface area contributed by atoms with Gasteiger partial charge < -0.3 is 14.0 Å². The first-order chi connectivity index (χ1) is 46.6. The van der Waals surface area contributed by atoms with Crippen LogP contribution < -0.4 is 4.90 Å². The van der Waals surface area contributed by atoms with Gasteiger partial charge >= 0.3 is 0 Å². The van der Waals surface area contributed by atoms with E-state index in [0.717, 1.165) is 17.8 Å². The maximum Gasteiger partial charge on any atom is 0.0540 e. The zero-order valence-electron chi connectivity index (χ0n) is 54.4. The average molecular weight is 1220 g/mol. The van der Waals surface area contributed by atoms with Crippen molar-refractivity contribution in [2.24, 2.45) is 0 Å². The molecule has 0 saturated carbocycles. The highest BCUT2D eigenvalue weighted by Crippen LogP contribution is 2.56. The predicted molar refractivity (Wildman–Crippen MR) is 403 cm³/mol.